The Bertz CT molecular complexity index is 839. The lowest BCUT2D eigenvalue weighted by molar-refractivity contribution is -0.136. The molecule has 0 saturated carbocycles. The van der Waals surface area contributed by atoms with E-state index in [1.54, 1.807) is 12.1 Å². The predicted octanol–water partition coefficient (Wildman–Crippen LogP) is 1.09. The van der Waals surface area contributed by atoms with Crippen molar-refractivity contribution in [3.05, 3.63) is 34.9 Å². The molecule has 3 rings (SSSR count). The molecule has 0 spiro atoms. The van der Waals surface area contributed by atoms with Crippen molar-refractivity contribution in [1.29, 1.82) is 0 Å². The predicted molar refractivity (Wildman–Crippen MR) is 110 cm³/mol. The minimum Gasteiger partial charge on any atom is -0.379 e. The summed E-state index contributed by atoms with van der Waals surface area (Å²) in [5, 5.41) is 2.19. The lowest BCUT2D eigenvalue weighted by atomic mass is 10.0. The van der Waals surface area contributed by atoms with Crippen LogP contribution in [0.3, 0.4) is 0 Å². The number of nitrogens with one attached hydrogen (secondary N) is 1. The molecule has 31 heavy (non-hydrogen) atoms. The SMILES string of the molecule is CCOCCOCCOCCCc1ccc2c(c1)C(=O)N(C1CCC(=O)NC1=O)C2=O. The normalized spacial score (nSPS) is 18.5. The van der Waals surface area contributed by atoms with Crippen LogP contribution in [0, 0.1) is 0 Å². The van der Waals surface area contributed by atoms with Crippen LogP contribution in [-0.4, -0.2) is 74.2 Å². The molecule has 0 aromatic heterocycles. The van der Waals surface area contributed by atoms with E-state index in [-0.39, 0.29) is 18.7 Å². The van der Waals surface area contributed by atoms with E-state index in [9.17, 15) is 19.2 Å². The first-order valence-electron chi connectivity index (χ1n) is 10.6. The fourth-order valence-electron chi connectivity index (χ4n) is 3.64. The third kappa shape index (κ3) is 5.75. The number of benzene rings is 1. The summed E-state index contributed by atoms with van der Waals surface area (Å²) in [6.45, 7) is 5.32. The molecule has 1 fully saturated rings. The van der Waals surface area contributed by atoms with Crippen LogP contribution in [-0.2, 0) is 30.2 Å². The molecule has 9 heteroatoms. The zero-order valence-corrected chi connectivity index (χ0v) is 17.7. The van der Waals surface area contributed by atoms with Gasteiger partial charge in [0.15, 0.2) is 0 Å². The van der Waals surface area contributed by atoms with E-state index in [4.69, 9.17) is 14.2 Å². The monoisotopic (exact) mass is 432 g/mol. The zero-order chi connectivity index (χ0) is 22.2. The molecule has 168 valence electrons. The largest absolute Gasteiger partial charge is 0.379 e. The van der Waals surface area contributed by atoms with Crippen LogP contribution in [0.25, 0.3) is 0 Å². The summed E-state index contributed by atoms with van der Waals surface area (Å²) >= 11 is 0. The number of aryl methyl sites for hydroxylation is 1. The van der Waals surface area contributed by atoms with Gasteiger partial charge in [-0.05, 0) is 43.9 Å². The minimum atomic E-state index is -0.947. The topological polar surface area (TPSA) is 111 Å². The van der Waals surface area contributed by atoms with Crippen molar-refractivity contribution >= 4 is 23.6 Å². The molecule has 0 bridgehead atoms. The van der Waals surface area contributed by atoms with Crippen molar-refractivity contribution in [2.24, 2.45) is 0 Å². The number of hydrogen-bond acceptors (Lipinski definition) is 7. The second kappa shape index (κ2) is 11.1. The number of amides is 4. The standard InChI is InChI=1S/C22H28N2O7/c1-2-29-10-11-31-13-12-30-9-3-4-15-5-6-16-17(14-15)22(28)24(21(16)27)18-7-8-19(25)23-20(18)26/h5-6,14,18H,2-4,7-13H2,1H3,(H,23,25,26). The van der Waals surface area contributed by atoms with Crippen LogP contribution in [0.4, 0.5) is 0 Å². The van der Waals surface area contributed by atoms with Gasteiger partial charge in [0.05, 0.1) is 37.6 Å². The van der Waals surface area contributed by atoms with Crippen LogP contribution in [0.15, 0.2) is 18.2 Å². The Hall–Kier alpha value is -2.62. The molecule has 1 aromatic rings. The minimum absolute atomic E-state index is 0.104. The first kappa shape index (κ1) is 23.1. The fraction of sp³-hybridized carbons (Fsp3) is 0.545. The quantitative estimate of drug-likeness (QED) is 0.389. The number of rotatable bonds is 12. The summed E-state index contributed by atoms with van der Waals surface area (Å²) in [4.78, 5) is 49.9. The summed E-state index contributed by atoms with van der Waals surface area (Å²) in [6, 6.07) is 4.20. The summed E-state index contributed by atoms with van der Waals surface area (Å²) in [6.07, 6.45) is 1.71. The highest BCUT2D eigenvalue weighted by Gasteiger charge is 2.44. The molecule has 2 aliphatic heterocycles. The average molecular weight is 432 g/mol. The van der Waals surface area contributed by atoms with Gasteiger partial charge in [0.2, 0.25) is 11.8 Å². The Balaban J connectivity index is 1.46. The van der Waals surface area contributed by atoms with Crippen molar-refractivity contribution in [1.82, 2.24) is 10.2 Å². The number of imide groups is 2. The Labute approximate surface area is 181 Å². The van der Waals surface area contributed by atoms with Crippen molar-refractivity contribution in [2.45, 2.75) is 38.6 Å². The number of nitrogens with zero attached hydrogens (tertiary/aromatic N) is 1. The number of fused-ring (bicyclic) bond motifs is 1. The Kier molecular flexibility index (Phi) is 8.27. The van der Waals surface area contributed by atoms with Crippen LogP contribution in [0.1, 0.15) is 52.5 Å². The average Bonchev–Trinajstić information content (AvgIpc) is 2.99. The van der Waals surface area contributed by atoms with E-state index in [0.717, 1.165) is 16.9 Å². The lowest BCUT2D eigenvalue weighted by Gasteiger charge is -2.27. The van der Waals surface area contributed by atoms with E-state index >= 15 is 0 Å². The van der Waals surface area contributed by atoms with E-state index in [2.05, 4.69) is 5.32 Å². The maximum atomic E-state index is 12.8. The van der Waals surface area contributed by atoms with E-state index < -0.39 is 23.8 Å². The van der Waals surface area contributed by atoms with Crippen molar-refractivity contribution in [3.8, 4) is 0 Å². The van der Waals surface area contributed by atoms with Gasteiger partial charge in [-0.2, -0.15) is 0 Å². The summed E-state index contributed by atoms with van der Waals surface area (Å²) < 4.78 is 16.1. The van der Waals surface area contributed by atoms with Gasteiger partial charge in [-0.3, -0.25) is 29.4 Å². The second-order valence-electron chi connectivity index (χ2n) is 7.35. The molecule has 4 amide bonds. The molecule has 1 saturated heterocycles. The molecule has 0 aliphatic carbocycles. The Morgan fingerprint density at radius 2 is 1.61 bits per heavy atom. The summed E-state index contributed by atoms with van der Waals surface area (Å²) in [5.74, 6) is -1.98. The molecular weight excluding hydrogens is 404 g/mol. The highest BCUT2D eigenvalue weighted by Crippen LogP contribution is 2.28. The van der Waals surface area contributed by atoms with Crippen molar-refractivity contribution in [2.75, 3.05) is 39.6 Å². The number of ether oxygens (including phenoxy) is 3. The highest BCUT2D eigenvalue weighted by atomic mass is 16.5. The van der Waals surface area contributed by atoms with Crippen LogP contribution in [0.2, 0.25) is 0 Å². The first-order chi connectivity index (χ1) is 15.0. The van der Waals surface area contributed by atoms with Gasteiger partial charge in [0.25, 0.3) is 11.8 Å². The molecule has 2 heterocycles. The molecule has 9 nitrogen and oxygen atoms in total. The summed E-state index contributed by atoms with van der Waals surface area (Å²) in [5.41, 5.74) is 1.51. The maximum Gasteiger partial charge on any atom is 0.262 e. The molecule has 2 aliphatic rings. The van der Waals surface area contributed by atoms with E-state index in [0.29, 0.717) is 57.2 Å². The number of piperidine rings is 1. The van der Waals surface area contributed by atoms with Gasteiger partial charge in [0, 0.05) is 19.6 Å². The number of carbonyl (C=O) groups excluding carboxylic acids is 4. The second-order valence-corrected chi connectivity index (χ2v) is 7.35. The Morgan fingerprint density at radius 1 is 0.935 bits per heavy atom. The molecule has 1 aromatic carbocycles. The van der Waals surface area contributed by atoms with Crippen LogP contribution >= 0.6 is 0 Å². The van der Waals surface area contributed by atoms with Gasteiger partial charge in [0.1, 0.15) is 6.04 Å². The summed E-state index contributed by atoms with van der Waals surface area (Å²) in [7, 11) is 0. The maximum absolute atomic E-state index is 12.8. The third-order valence-corrected chi connectivity index (χ3v) is 5.21. The number of carbonyl (C=O) groups is 4. The molecule has 1 unspecified atom stereocenters. The fourth-order valence-corrected chi connectivity index (χ4v) is 3.64. The third-order valence-electron chi connectivity index (χ3n) is 5.21. The smallest absolute Gasteiger partial charge is 0.262 e. The molecule has 0 radical (unpaired) electrons. The number of hydrogen-bond donors (Lipinski definition) is 1. The van der Waals surface area contributed by atoms with Gasteiger partial charge in [-0.25, -0.2) is 0 Å². The first-order valence-corrected chi connectivity index (χ1v) is 10.6. The zero-order valence-electron chi connectivity index (χ0n) is 17.7. The van der Waals surface area contributed by atoms with E-state index in [1.807, 2.05) is 13.0 Å². The van der Waals surface area contributed by atoms with Crippen molar-refractivity contribution < 1.29 is 33.4 Å². The van der Waals surface area contributed by atoms with Gasteiger partial charge < -0.3 is 14.2 Å². The van der Waals surface area contributed by atoms with Crippen molar-refractivity contribution in [3.63, 3.8) is 0 Å². The molecule has 1 atom stereocenters. The van der Waals surface area contributed by atoms with Gasteiger partial charge in [-0.15, -0.1) is 0 Å². The van der Waals surface area contributed by atoms with E-state index in [1.165, 1.54) is 0 Å². The Morgan fingerprint density at radius 3 is 2.32 bits per heavy atom. The highest BCUT2D eigenvalue weighted by molar-refractivity contribution is 6.23. The molecular formula is C22H28N2O7. The lowest BCUT2D eigenvalue weighted by Crippen LogP contribution is -2.54. The van der Waals surface area contributed by atoms with Gasteiger partial charge in [-0.1, -0.05) is 6.07 Å². The molecule has 1 N–H and O–H groups in total. The van der Waals surface area contributed by atoms with Crippen LogP contribution in [0.5, 0.6) is 0 Å². The van der Waals surface area contributed by atoms with Crippen LogP contribution < -0.4 is 5.32 Å². The van der Waals surface area contributed by atoms with Gasteiger partial charge >= 0.3 is 0 Å².